The number of fused-ring (bicyclic) bond motifs is 1. The highest BCUT2D eigenvalue weighted by Gasteiger charge is 2.34. The van der Waals surface area contributed by atoms with Crippen molar-refractivity contribution in [3.05, 3.63) is 46.5 Å². The fourth-order valence-corrected chi connectivity index (χ4v) is 4.52. The second-order valence-corrected chi connectivity index (χ2v) is 7.53. The van der Waals surface area contributed by atoms with E-state index in [-0.39, 0.29) is 5.91 Å². The zero-order valence-corrected chi connectivity index (χ0v) is 14.9. The Morgan fingerprint density at radius 2 is 2.28 bits per heavy atom. The number of hydrogen-bond donors (Lipinski definition) is 2. The highest BCUT2D eigenvalue weighted by atomic mass is 32.1. The maximum atomic E-state index is 12.9. The molecule has 3 heterocycles. The van der Waals surface area contributed by atoms with E-state index in [1.165, 1.54) is 0 Å². The number of nitrogens with two attached hydrogens (primary N) is 1. The maximum absolute atomic E-state index is 12.9. The Kier molecular flexibility index (Phi) is 4.65. The van der Waals surface area contributed by atoms with Gasteiger partial charge in [0.25, 0.3) is 5.91 Å². The van der Waals surface area contributed by atoms with Crippen LogP contribution in [0.1, 0.15) is 33.6 Å². The van der Waals surface area contributed by atoms with Gasteiger partial charge >= 0.3 is 0 Å². The molecule has 130 valence electrons. The number of piperidine rings is 1. The summed E-state index contributed by atoms with van der Waals surface area (Å²) < 4.78 is 0. The van der Waals surface area contributed by atoms with Crippen molar-refractivity contribution >= 4 is 23.3 Å². The van der Waals surface area contributed by atoms with E-state index < -0.39 is 0 Å². The minimum atomic E-state index is 0.158. The Balaban J connectivity index is 1.64. The summed E-state index contributed by atoms with van der Waals surface area (Å²) in [6, 6.07) is 6.27. The van der Waals surface area contributed by atoms with Crippen LogP contribution in [0.15, 0.2) is 30.5 Å². The van der Waals surface area contributed by atoms with Crippen LogP contribution < -0.4 is 11.1 Å². The lowest BCUT2D eigenvalue weighted by atomic mass is 10.0. The van der Waals surface area contributed by atoms with Crippen molar-refractivity contribution in [3.63, 3.8) is 0 Å². The summed E-state index contributed by atoms with van der Waals surface area (Å²) >= 11 is 1.63. The number of aromatic nitrogens is 1. The van der Waals surface area contributed by atoms with Crippen molar-refractivity contribution in [1.29, 1.82) is 0 Å². The molecule has 1 saturated heterocycles. The van der Waals surface area contributed by atoms with E-state index in [2.05, 4.69) is 16.4 Å². The minimum absolute atomic E-state index is 0.158. The first-order valence-electron chi connectivity index (χ1n) is 8.74. The molecule has 0 bridgehead atoms. The van der Waals surface area contributed by atoms with Crippen molar-refractivity contribution in [2.75, 3.05) is 19.6 Å². The van der Waals surface area contributed by atoms with Crippen LogP contribution >= 0.6 is 11.3 Å². The average Bonchev–Trinajstić information content (AvgIpc) is 3.26. The molecule has 6 heteroatoms. The van der Waals surface area contributed by atoms with E-state index in [0.717, 1.165) is 52.5 Å². The third-order valence-corrected chi connectivity index (χ3v) is 5.88. The first kappa shape index (κ1) is 16.4. The molecule has 1 amide bonds. The van der Waals surface area contributed by atoms with E-state index in [1.807, 2.05) is 35.4 Å². The first-order valence-corrected chi connectivity index (χ1v) is 9.56. The third kappa shape index (κ3) is 3.13. The van der Waals surface area contributed by atoms with Crippen molar-refractivity contribution in [2.45, 2.75) is 25.4 Å². The Labute approximate surface area is 151 Å². The summed E-state index contributed by atoms with van der Waals surface area (Å²) in [7, 11) is 0. The minimum Gasteiger partial charge on any atom is -0.330 e. The fraction of sp³-hybridized carbons (Fsp3) is 0.368. The SMILES string of the molecule is NC/C=C/c1cnc(-c2cccc3c2CN(C2CCCNC2)C3=O)s1. The van der Waals surface area contributed by atoms with Gasteiger partial charge in [-0.2, -0.15) is 0 Å². The van der Waals surface area contributed by atoms with Crippen LogP contribution in [0.2, 0.25) is 0 Å². The summed E-state index contributed by atoms with van der Waals surface area (Å²) in [6.07, 6.45) is 7.99. The second-order valence-electron chi connectivity index (χ2n) is 6.47. The lowest BCUT2D eigenvalue weighted by Gasteiger charge is -2.31. The van der Waals surface area contributed by atoms with Crippen LogP contribution in [-0.4, -0.2) is 41.5 Å². The van der Waals surface area contributed by atoms with Gasteiger partial charge in [0.15, 0.2) is 0 Å². The van der Waals surface area contributed by atoms with Gasteiger partial charge in [0.1, 0.15) is 5.01 Å². The largest absolute Gasteiger partial charge is 0.330 e. The normalized spacial score (nSPS) is 20.4. The number of nitrogens with one attached hydrogen (secondary N) is 1. The molecule has 1 aromatic carbocycles. The summed E-state index contributed by atoms with van der Waals surface area (Å²) in [5, 5.41) is 4.37. The molecular weight excluding hydrogens is 332 g/mol. The predicted octanol–water partition coefficient (Wildman–Crippen LogP) is 2.49. The second kappa shape index (κ2) is 7.07. The van der Waals surface area contributed by atoms with Gasteiger partial charge < -0.3 is 16.0 Å². The molecule has 2 aliphatic heterocycles. The number of rotatable bonds is 4. The van der Waals surface area contributed by atoms with E-state index in [1.54, 1.807) is 11.3 Å². The molecule has 0 saturated carbocycles. The van der Waals surface area contributed by atoms with Gasteiger partial charge in [-0.1, -0.05) is 18.2 Å². The zero-order valence-electron chi connectivity index (χ0n) is 14.1. The molecule has 1 unspecified atom stereocenters. The number of thiazole rings is 1. The monoisotopic (exact) mass is 354 g/mol. The molecule has 1 atom stereocenters. The fourth-order valence-electron chi connectivity index (χ4n) is 3.62. The molecular formula is C19H22N4OS. The van der Waals surface area contributed by atoms with Crippen molar-refractivity contribution in [1.82, 2.24) is 15.2 Å². The molecule has 25 heavy (non-hydrogen) atoms. The maximum Gasteiger partial charge on any atom is 0.254 e. The highest BCUT2D eigenvalue weighted by Crippen LogP contribution is 2.36. The quantitative estimate of drug-likeness (QED) is 0.885. The third-order valence-electron chi connectivity index (χ3n) is 4.88. The molecule has 0 radical (unpaired) electrons. The Bertz CT molecular complexity index is 808. The van der Waals surface area contributed by atoms with Gasteiger partial charge in [0.2, 0.25) is 0 Å². The Morgan fingerprint density at radius 3 is 3.08 bits per heavy atom. The van der Waals surface area contributed by atoms with E-state index in [0.29, 0.717) is 19.1 Å². The van der Waals surface area contributed by atoms with Crippen LogP contribution in [0.5, 0.6) is 0 Å². The van der Waals surface area contributed by atoms with Crippen molar-refractivity contribution in [3.8, 4) is 10.6 Å². The number of hydrogen-bond acceptors (Lipinski definition) is 5. The van der Waals surface area contributed by atoms with Crippen molar-refractivity contribution in [2.24, 2.45) is 5.73 Å². The zero-order chi connectivity index (χ0) is 17.2. The molecule has 3 N–H and O–H groups in total. The predicted molar refractivity (Wildman–Crippen MR) is 101 cm³/mol. The number of nitrogens with zero attached hydrogens (tertiary/aromatic N) is 2. The molecule has 2 aliphatic rings. The lowest BCUT2D eigenvalue weighted by Crippen LogP contribution is -2.46. The molecule has 4 rings (SSSR count). The molecule has 5 nitrogen and oxygen atoms in total. The summed E-state index contributed by atoms with van der Waals surface area (Å²) in [5.41, 5.74) is 8.54. The Morgan fingerprint density at radius 1 is 1.40 bits per heavy atom. The van der Waals surface area contributed by atoms with Gasteiger partial charge in [-0.15, -0.1) is 11.3 Å². The first-order chi connectivity index (χ1) is 12.3. The van der Waals surface area contributed by atoms with E-state index in [4.69, 9.17) is 5.73 Å². The molecule has 0 aliphatic carbocycles. The van der Waals surface area contributed by atoms with Gasteiger partial charge in [-0.3, -0.25) is 4.79 Å². The van der Waals surface area contributed by atoms with Crippen molar-refractivity contribution < 1.29 is 4.79 Å². The lowest BCUT2D eigenvalue weighted by molar-refractivity contribution is 0.0675. The van der Waals surface area contributed by atoms with E-state index in [9.17, 15) is 4.79 Å². The standard InChI is InChI=1S/C19H22N4OS/c20-8-2-5-14-11-22-18(25-14)15-6-1-7-16-17(15)12-23(19(16)24)13-4-3-9-21-10-13/h1-2,5-7,11,13,21H,3-4,8-10,12,20H2/b5-2+. The number of carbonyl (C=O) groups is 1. The summed E-state index contributed by atoms with van der Waals surface area (Å²) in [6.45, 7) is 3.15. The van der Waals surface area contributed by atoms with Crippen LogP contribution in [0.3, 0.4) is 0 Å². The van der Waals surface area contributed by atoms with Gasteiger partial charge in [-0.05, 0) is 37.1 Å². The smallest absolute Gasteiger partial charge is 0.254 e. The Hall–Kier alpha value is -2.02. The van der Waals surface area contributed by atoms with Gasteiger partial charge in [0.05, 0.1) is 0 Å². The molecule has 1 aromatic heterocycles. The molecule has 0 spiro atoms. The van der Waals surface area contributed by atoms with Gasteiger partial charge in [-0.25, -0.2) is 4.98 Å². The van der Waals surface area contributed by atoms with Crippen LogP contribution in [-0.2, 0) is 6.54 Å². The number of amides is 1. The van der Waals surface area contributed by atoms with Crippen LogP contribution in [0.4, 0.5) is 0 Å². The molecule has 1 fully saturated rings. The summed E-state index contributed by atoms with van der Waals surface area (Å²) in [5.74, 6) is 0.158. The van der Waals surface area contributed by atoms with Crippen LogP contribution in [0.25, 0.3) is 16.6 Å². The topological polar surface area (TPSA) is 71.2 Å². The average molecular weight is 354 g/mol. The molecule has 2 aromatic rings. The highest BCUT2D eigenvalue weighted by molar-refractivity contribution is 7.15. The van der Waals surface area contributed by atoms with Gasteiger partial charge in [0, 0.05) is 47.9 Å². The summed E-state index contributed by atoms with van der Waals surface area (Å²) in [4.78, 5) is 20.6. The number of benzene rings is 1. The van der Waals surface area contributed by atoms with Crippen LogP contribution in [0, 0.1) is 0 Å². The van der Waals surface area contributed by atoms with E-state index >= 15 is 0 Å². The number of carbonyl (C=O) groups excluding carboxylic acids is 1.